The first-order valence-corrected chi connectivity index (χ1v) is 6.13. The smallest absolute Gasteiger partial charge is 0.122 e. The van der Waals surface area contributed by atoms with Crippen molar-refractivity contribution in [2.45, 2.75) is 12.5 Å². The van der Waals surface area contributed by atoms with E-state index in [0.717, 1.165) is 12.0 Å². The zero-order valence-corrected chi connectivity index (χ0v) is 10.0. The number of aromatic hydroxyl groups is 1. The number of nitrogens with one attached hydrogen (secondary N) is 1. The van der Waals surface area contributed by atoms with E-state index in [-0.39, 0.29) is 0 Å². The van der Waals surface area contributed by atoms with Crippen LogP contribution in [0.5, 0.6) is 5.75 Å². The molecule has 18 heavy (non-hydrogen) atoms. The Hall–Kier alpha value is -2.22. The van der Waals surface area contributed by atoms with Crippen LogP contribution in [0.3, 0.4) is 0 Å². The van der Waals surface area contributed by atoms with Gasteiger partial charge in [0.15, 0.2) is 0 Å². The van der Waals surface area contributed by atoms with Crippen molar-refractivity contribution in [2.75, 3.05) is 5.32 Å². The average molecular weight is 237 g/mol. The van der Waals surface area contributed by atoms with Crippen LogP contribution in [0, 0.1) is 0 Å². The normalized spacial score (nSPS) is 17.7. The van der Waals surface area contributed by atoms with Crippen LogP contribution in [0.4, 0.5) is 5.69 Å². The van der Waals surface area contributed by atoms with Gasteiger partial charge < -0.3 is 10.4 Å². The lowest BCUT2D eigenvalue weighted by molar-refractivity contribution is 0.474. The van der Waals surface area contributed by atoms with Crippen molar-refractivity contribution in [2.24, 2.45) is 0 Å². The van der Waals surface area contributed by atoms with E-state index in [1.807, 2.05) is 30.3 Å². The summed E-state index contributed by atoms with van der Waals surface area (Å²) in [5.74, 6) is 0.323. The number of fused-ring (bicyclic) bond motifs is 1. The number of anilines is 1. The Labute approximate surface area is 107 Å². The first kappa shape index (κ1) is 10.9. The minimum absolute atomic E-state index is 0.307. The Kier molecular flexibility index (Phi) is 2.77. The number of hydrogen-bond donors (Lipinski definition) is 2. The Bertz CT molecular complexity index is 564. The predicted octanol–water partition coefficient (Wildman–Crippen LogP) is 3.44. The number of para-hydroxylation sites is 2. The van der Waals surface area contributed by atoms with Crippen LogP contribution in [0.2, 0.25) is 0 Å². The summed E-state index contributed by atoms with van der Waals surface area (Å²) < 4.78 is 0. The molecule has 2 aromatic carbocycles. The molecule has 0 saturated heterocycles. The average Bonchev–Trinajstić information content (AvgIpc) is 2.80. The molecule has 2 heteroatoms. The minimum atomic E-state index is 0.307. The van der Waals surface area contributed by atoms with Crippen molar-refractivity contribution in [1.82, 2.24) is 0 Å². The zero-order valence-electron chi connectivity index (χ0n) is 10.0. The summed E-state index contributed by atoms with van der Waals surface area (Å²) in [5.41, 5.74) is 3.42. The van der Waals surface area contributed by atoms with Crippen LogP contribution < -0.4 is 5.32 Å². The molecule has 0 amide bonds. The number of rotatable bonds is 2. The lowest BCUT2D eigenvalue weighted by Crippen LogP contribution is -2.10. The van der Waals surface area contributed by atoms with Crippen molar-refractivity contribution < 1.29 is 5.11 Å². The van der Waals surface area contributed by atoms with Gasteiger partial charge >= 0.3 is 0 Å². The Morgan fingerprint density at radius 1 is 1.06 bits per heavy atom. The van der Waals surface area contributed by atoms with Gasteiger partial charge in [-0.05, 0) is 24.1 Å². The quantitative estimate of drug-likeness (QED) is 0.838. The molecule has 2 nitrogen and oxygen atoms in total. The second-order valence-electron chi connectivity index (χ2n) is 4.53. The van der Waals surface area contributed by atoms with Gasteiger partial charge in [0, 0.05) is 17.3 Å². The summed E-state index contributed by atoms with van der Waals surface area (Å²) in [6.45, 7) is 0. The molecule has 0 radical (unpaired) electrons. The van der Waals surface area contributed by atoms with Gasteiger partial charge in [0.25, 0.3) is 0 Å². The molecule has 0 bridgehead atoms. The molecule has 2 N–H and O–H groups in total. The molecule has 0 fully saturated rings. The molecule has 3 rings (SSSR count). The van der Waals surface area contributed by atoms with Gasteiger partial charge in [0.05, 0.1) is 0 Å². The maximum Gasteiger partial charge on any atom is 0.122 e. The van der Waals surface area contributed by atoms with Gasteiger partial charge in [-0.1, -0.05) is 48.6 Å². The second-order valence-corrected chi connectivity index (χ2v) is 4.53. The van der Waals surface area contributed by atoms with Crippen molar-refractivity contribution in [1.29, 1.82) is 0 Å². The van der Waals surface area contributed by atoms with E-state index in [1.165, 1.54) is 11.3 Å². The van der Waals surface area contributed by atoms with Crippen molar-refractivity contribution in [3.8, 4) is 5.75 Å². The van der Waals surface area contributed by atoms with Gasteiger partial charge in [0.2, 0.25) is 0 Å². The van der Waals surface area contributed by atoms with Gasteiger partial charge in [-0.2, -0.15) is 0 Å². The number of hydrogen-bond acceptors (Lipinski definition) is 2. The molecule has 1 atom stereocenters. The number of benzene rings is 2. The Morgan fingerprint density at radius 2 is 1.83 bits per heavy atom. The summed E-state index contributed by atoms with van der Waals surface area (Å²) >= 11 is 0. The van der Waals surface area contributed by atoms with Crippen molar-refractivity contribution >= 4 is 11.8 Å². The summed E-state index contributed by atoms with van der Waals surface area (Å²) in [6, 6.07) is 16.0. The molecular weight excluding hydrogens is 222 g/mol. The fraction of sp³-hybridized carbons (Fsp3) is 0.125. The van der Waals surface area contributed by atoms with E-state index in [0.29, 0.717) is 11.8 Å². The first-order chi connectivity index (χ1) is 8.83. The highest BCUT2D eigenvalue weighted by Gasteiger charge is 2.16. The Morgan fingerprint density at radius 3 is 2.67 bits per heavy atom. The van der Waals surface area contributed by atoms with E-state index in [4.69, 9.17) is 0 Å². The van der Waals surface area contributed by atoms with E-state index in [1.54, 1.807) is 6.07 Å². The molecule has 1 aliphatic heterocycles. The third-order valence-corrected chi connectivity index (χ3v) is 3.24. The van der Waals surface area contributed by atoms with Crippen LogP contribution in [0.1, 0.15) is 11.1 Å². The number of phenols is 1. The van der Waals surface area contributed by atoms with Crippen LogP contribution in [-0.4, -0.2) is 11.1 Å². The zero-order chi connectivity index (χ0) is 12.4. The van der Waals surface area contributed by atoms with E-state index < -0.39 is 0 Å². The SMILES string of the molecule is Oc1ccccc1C=CC1Cc2ccccc2N1. The van der Waals surface area contributed by atoms with Crippen LogP contribution in [0.15, 0.2) is 54.6 Å². The molecule has 0 aromatic heterocycles. The number of phenolic OH excluding ortho intramolecular Hbond substituents is 1. The maximum absolute atomic E-state index is 9.69. The van der Waals surface area contributed by atoms with Gasteiger partial charge in [-0.3, -0.25) is 0 Å². The highest BCUT2D eigenvalue weighted by atomic mass is 16.3. The first-order valence-electron chi connectivity index (χ1n) is 6.13. The molecule has 1 heterocycles. The second kappa shape index (κ2) is 4.57. The monoisotopic (exact) mass is 237 g/mol. The third-order valence-electron chi connectivity index (χ3n) is 3.24. The Balaban J connectivity index is 1.75. The van der Waals surface area contributed by atoms with Gasteiger partial charge in [-0.25, -0.2) is 0 Å². The van der Waals surface area contributed by atoms with Crippen LogP contribution >= 0.6 is 0 Å². The fourth-order valence-corrected chi connectivity index (χ4v) is 2.29. The molecule has 1 unspecified atom stereocenters. The molecule has 90 valence electrons. The summed E-state index contributed by atoms with van der Waals surface area (Å²) in [7, 11) is 0. The van der Waals surface area contributed by atoms with Crippen molar-refractivity contribution in [3.05, 3.63) is 65.7 Å². The standard InChI is InChI=1S/C16H15NO/c18-16-8-4-2-5-12(16)9-10-14-11-13-6-1-3-7-15(13)17-14/h1-10,14,17-18H,11H2. The largest absolute Gasteiger partial charge is 0.507 e. The molecular formula is C16H15NO. The molecule has 2 aromatic rings. The summed E-state index contributed by atoms with van der Waals surface area (Å²) in [6.07, 6.45) is 5.08. The molecule has 0 aliphatic carbocycles. The molecule has 1 aliphatic rings. The minimum Gasteiger partial charge on any atom is -0.507 e. The van der Waals surface area contributed by atoms with Crippen LogP contribution in [0.25, 0.3) is 6.08 Å². The third kappa shape index (κ3) is 2.09. The molecule has 0 saturated carbocycles. The van der Waals surface area contributed by atoms with Crippen molar-refractivity contribution in [3.63, 3.8) is 0 Å². The highest BCUT2D eigenvalue weighted by Crippen LogP contribution is 2.26. The predicted molar refractivity (Wildman–Crippen MR) is 74.7 cm³/mol. The van der Waals surface area contributed by atoms with E-state index >= 15 is 0 Å². The fourth-order valence-electron chi connectivity index (χ4n) is 2.29. The van der Waals surface area contributed by atoms with E-state index in [9.17, 15) is 5.11 Å². The molecule has 0 spiro atoms. The topological polar surface area (TPSA) is 32.3 Å². The van der Waals surface area contributed by atoms with Gasteiger partial charge in [-0.15, -0.1) is 0 Å². The highest BCUT2D eigenvalue weighted by molar-refractivity contribution is 5.62. The van der Waals surface area contributed by atoms with E-state index in [2.05, 4.69) is 29.6 Å². The maximum atomic E-state index is 9.69. The lowest BCUT2D eigenvalue weighted by Gasteiger charge is -2.05. The van der Waals surface area contributed by atoms with Gasteiger partial charge in [0.1, 0.15) is 5.75 Å². The summed E-state index contributed by atoms with van der Waals surface area (Å²) in [4.78, 5) is 0. The van der Waals surface area contributed by atoms with Crippen LogP contribution in [-0.2, 0) is 6.42 Å². The lowest BCUT2D eigenvalue weighted by atomic mass is 10.1. The summed E-state index contributed by atoms with van der Waals surface area (Å²) in [5, 5.41) is 13.1.